The number of aromatic nitrogens is 3. The van der Waals surface area contributed by atoms with E-state index >= 15 is 0 Å². The van der Waals surface area contributed by atoms with E-state index in [9.17, 15) is 4.79 Å². The Kier molecular flexibility index (Phi) is 6.52. The van der Waals surface area contributed by atoms with Crippen molar-refractivity contribution >= 4 is 28.9 Å². The number of thiazole rings is 1. The van der Waals surface area contributed by atoms with Crippen LogP contribution in [0.4, 0.5) is 0 Å². The fourth-order valence-corrected chi connectivity index (χ4v) is 2.16. The molecule has 0 aliphatic carbocycles. The van der Waals surface area contributed by atoms with Crippen LogP contribution in [0.3, 0.4) is 0 Å². The quantitative estimate of drug-likeness (QED) is 0.814. The van der Waals surface area contributed by atoms with Crippen molar-refractivity contribution in [2.24, 2.45) is 0 Å². The van der Waals surface area contributed by atoms with Crippen LogP contribution < -0.4 is 0 Å². The van der Waals surface area contributed by atoms with Gasteiger partial charge in [0.1, 0.15) is 5.15 Å². The number of nitrogens with zero attached hydrogens (tertiary/aromatic N) is 3. The Hall–Kier alpha value is -1.40. The van der Waals surface area contributed by atoms with Gasteiger partial charge in [0.2, 0.25) is 5.13 Å². The average Bonchev–Trinajstić information content (AvgIpc) is 3.01. The van der Waals surface area contributed by atoms with Crippen LogP contribution >= 0.6 is 22.9 Å². The highest BCUT2D eigenvalue weighted by molar-refractivity contribution is 7.12. The van der Waals surface area contributed by atoms with Crippen molar-refractivity contribution in [1.82, 2.24) is 14.8 Å². The monoisotopic (exact) mass is 301 g/mol. The van der Waals surface area contributed by atoms with Crippen LogP contribution in [0.25, 0.3) is 5.13 Å². The molecule has 19 heavy (non-hydrogen) atoms. The lowest BCUT2D eigenvalue weighted by atomic mass is 10.3. The van der Waals surface area contributed by atoms with Gasteiger partial charge in [0.25, 0.3) is 0 Å². The maximum absolute atomic E-state index is 11.3. The van der Waals surface area contributed by atoms with Gasteiger partial charge >= 0.3 is 5.97 Å². The summed E-state index contributed by atoms with van der Waals surface area (Å²) in [7, 11) is 0. The molecule has 2 heterocycles. The molecular formula is C12H16ClN3O2S. The number of esters is 1. The summed E-state index contributed by atoms with van der Waals surface area (Å²) in [5.41, 5.74) is 0.787. The Morgan fingerprint density at radius 3 is 2.84 bits per heavy atom. The van der Waals surface area contributed by atoms with E-state index in [0.717, 1.165) is 5.56 Å². The van der Waals surface area contributed by atoms with Gasteiger partial charge in [-0.15, -0.1) is 11.3 Å². The third-order valence-corrected chi connectivity index (χ3v) is 3.10. The van der Waals surface area contributed by atoms with E-state index in [-0.39, 0.29) is 12.4 Å². The Morgan fingerprint density at radius 2 is 2.26 bits per heavy atom. The molecule has 104 valence electrons. The minimum atomic E-state index is -0.260. The molecule has 0 unspecified atom stereocenters. The molecule has 0 spiro atoms. The average molecular weight is 302 g/mol. The summed E-state index contributed by atoms with van der Waals surface area (Å²) in [5.74, 6) is -0.260. The predicted octanol–water partition coefficient (Wildman–Crippen LogP) is 3.11. The van der Waals surface area contributed by atoms with Crippen LogP contribution in [-0.4, -0.2) is 27.3 Å². The van der Waals surface area contributed by atoms with Crippen molar-refractivity contribution in [3.8, 4) is 5.13 Å². The zero-order chi connectivity index (χ0) is 14.3. The number of rotatable bonds is 4. The summed E-state index contributed by atoms with van der Waals surface area (Å²) in [5, 5.41) is 6.95. The van der Waals surface area contributed by atoms with E-state index in [1.807, 2.05) is 13.8 Å². The maximum atomic E-state index is 11.3. The molecule has 2 aromatic rings. The summed E-state index contributed by atoms with van der Waals surface area (Å²) in [6, 6.07) is 0. The highest BCUT2D eigenvalue weighted by Crippen LogP contribution is 2.18. The number of hydrogen-bond acceptors (Lipinski definition) is 5. The molecular weight excluding hydrogens is 286 g/mol. The third kappa shape index (κ3) is 4.65. The van der Waals surface area contributed by atoms with Gasteiger partial charge in [0.15, 0.2) is 0 Å². The molecule has 0 radical (unpaired) electrons. The number of carbonyl (C=O) groups excluding carboxylic acids is 1. The molecule has 0 aliphatic heterocycles. The minimum absolute atomic E-state index is 0.215. The largest absolute Gasteiger partial charge is 0.466 e. The van der Waals surface area contributed by atoms with E-state index < -0.39 is 0 Å². The summed E-state index contributed by atoms with van der Waals surface area (Å²) in [6.45, 7) is 6.16. The molecule has 2 aromatic heterocycles. The highest BCUT2D eigenvalue weighted by atomic mass is 35.5. The molecule has 5 nitrogen and oxygen atoms in total. The molecule has 0 saturated carbocycles. The summed E-state index contributed by atoms with van der Waals surface area (Å²) < 4.78 is 6.44. The normalized spacial score (nSPS) is 9.68. The molecule has 0 saturated heterocycles. The van der Waals surface area contributed by atoms with Crippen molar-refractivity contribution in [3.05, 3.63) is 28.5 Å². The van der Waals surface area contributed by atoms with Gasteiger partial charge in [-0.05, 0) is 6.92 Å². The molecule has 0 aliphatic rings. The van der Waals surface area contributed by atoms with Crippen LogP contribution in [0.15, 0.2) is 17.8 Å². The lowest BCUT2D eigenvalue weighted by Crippen LogP contribution is -2.06. The topological polar surface area (TPSA) is 57.0 Å². The second-order valence-electron chi connectivity index (χ2n) is 3.23. The zero-order valence-corrected chi connectivity index (χ0v) is 12.7. The van der Waals surface area contributed by atoms with Gasteiger partial charge in [-0.1, -0.05) is 25.4 Å². The molecule has 0 fully saturated rings. The van der Waals surface area contributed by atoms with Crippen LogP contribution in [0.5, 0.6) is 0 Å². The fourth-order valence-electron chi connectivity index (χ4n) is 1.29. The Morgan fingerprint density at radius 1 is 1.53 bits per heavy atom. The first-order valence-electron chi connectivity index (χ1n) is 5.99. The van der Waals surface area contributed by atoms with Crippen molar-refractivity contribution in [2.75, 3.05) is 6.61 Å². The van der Waals surface area contributed by atoms with E-state index in [2.05, 4.69) is 10.1 Å². The van der Waals surface area contributed by atoms with Crippen LogP contribution in [-0.2, 0) is 16.0 Å². The second-order valence-corrected chi connectivity index (χ2v) is 4.45. The Balaban J connectivity index is 0.000000861. The van der Waals surface area contributed by atoms with Gasteiger partial charge in [0.05, 0.1) is 19.2 Å². The molecule has 0 aromatic carbocycles. The summed E-state index contributed by atoms with van der Waals surface area (Å²) >= 11 is 7.11. The standard InChI is InChI=1S/C10H10ClN3O2S.C2H6/c1-2-16-9(15)3-7-4-12-14(5-7)10-13-8(11)6-17-10;1-2/h4-6H,2-3H2,1H3;1-2H3. The van der Waals surface area contributed by atoms with Crippen molar-refractivity contribution in [2.45, 2.75) is 27.2 Å². The SMILES string of the molecule is CC.CCOC(=O)Cc1cnn(-c2nc(Cl)cs2)c1. The highest BCUT2D eigenvalue weighted by Gasteiger charge is 2.09. The number of ether oxygens (including phenoxy) is 1. The predicted molar refractivity (Wildman–Crippen MR) is 75.9 cm³/mol. The van der Waals surface area contributed by atoms with Gasteiger partial charge in [-0.2, -0.15) is 5.10 Å². The first-order chi connectivity index (χ1) is 9.19. The minimum Gasteiger partial charge on any atom is -0.466 e. The third-order valence-electron chi connectivity index (χ3n) is 1.95. The molecule has 0 amide bonds. The first kappa shape index (κ1) is 15.7. The van der Waals surface area contributed by atoms with E-state index in [4.69, 9.17) is 16.3 Å². The maximum Gasteiger partial charge on any atom is 0.310 e. The summed E-state index contributed by atoms with van der Waals surface area (Å²) in [6.07, 6.45) is 3.57. The second kappa shape index (κ2) is 7.91. The Labute approximate surface area is 121 Å². The lowest BCUT2D eigenvalue weighted by molar-refractivity contribution is -0.142. The Bertz CT molecular complexity index is 525. The van der Waals surface area contributed by atoms with Gasteiger partial charge in [0, 0.05) is 17.1 Å². The van der Waals surface area contributed by atoms with Gasteiger partial charge in [-0.3, -0.25) is 4.79 Å². The van der Waals surface area contributed by atoms with E-state index in [1.165, 1.54) is 11.3 Å². The fraction of sp³-hybridized carbons (Fsp3) is 0.417. The lowest BCUT2D eigenvalue weighted by Gasteiger charge is -1.98. The van der Waals surface area contributed by atoms with Gasteiger partial charge < -0.3 is 4.74 Å². The van der Waals surface area contributed by atoms with Crippen LogP contribution in [0.1, 0.15) is 26.3 Å². The van der Waals surface area contributed by atoms with E-state index in [1.54, 1.807) is 29.4 Å². The first-order valence-corrected chi connectivity index (χ1v) is 7.25. The zero-order valence-electron chi connectivity index (χ0n) is 11.1. The molecule has 2 rings (SSSR count). The number of carbonyl (C=O) groups is 1. The van der Waals surface area contributed by atoms with Crippen molar-refractivity contribution in [1.29, 1.82) is 0 Å². The molecule has 0 bridgehead atoms. The van der Waals surface area contributed by atoms with E-state index in [0.29, 0.717) is 16.9 Å². The van der Waals surface area contributed by atoms with Crippen LogP contribution in [0.2, 0.25) is 5.15 Å². The smallest absolute Gasteiger partial charge is 0.310 e. The number of hydrogen-bond donors (Lipinski definition) is 0. The van der Waals surface area contributed by atoms with Gasteiger partial charge in [-0.25, -0.2) is 9.67 Å². The molecule has 7 heteroatoms. The number of halogens is 1. The molecule has 0 atom stereocenters. The van der Waals surface area contributed by atoms with Crippen molar-refractivity contribution in [3.63, 3.8) is 0 Å². The molecule has 0 N–H and O–H groups in total. The summed E-state index contributed by atoms with van der Waals surface area (Å²) in [4.78, 5) is 15.3. The van der Waals surface area contributed by atoms with Crippen LogP contribution in [0, 0.1) is 0 Å². The van der Waals surface area contributed by atoms with Crippen molar-refractivity contribution < 1.29 is 9.53 Å².